The van der Waals surface area contributed by atoms with Crippen molar-refractivity contribution in [3.05, 3.63) is 40.4 Å². The standard InChI is InChI=1S/C15H17BrFN3O/c16-13-7-10(17)8-14(18)15(13)21-9-11-5-6-20(19-11)12-3-1-2-4-12/h5-8,12H,1-4,9,18H2. The van der Waals surface area contributed by atoms with Crippen molar-refractivity contribution in [2.24, 2.45) is 0 Å². The van der Waals surface area contributed by atoms with Crippen LogP contribution < -0.4 is 10.5 Å². The van der Waals surface area contributed by atoms with Crippen LogP contribution >= 0.6 is 15.9 Å². The van der Waals surface area contributed by atoms with Crippen LogP contribution in [0.1, 0.15) is 37.4 Å². The Morgan fingerprint density at radius 2 is 2.14 bits per heavy atom. The molecule has 1 saturated carbocycles. The number of nitrogens with two attached hydrogens (primary N) is 1. The Kier molecular flexibility index (Phi) is 4.14. The van der Waals surface area contributed by atoms with Crippen molar-refractivity contribution in [2.45, 2.75) is 38.3 Å². The molecule has 1 aromatic carbocycles. The van der Waals surface area contributed by atoms with E-state index in [9.17, 15) is 4.39 Å². The fraction of sp³-hybridized carbons (Fsp3) is 0.400. The van der Waals surface area contributed by atoms with Crippen LogP contribution in [0.4, 0.5) is 10.1 Å². The van der Waals surface area contributed by atoms with E-state index in [0.29, 0.717) is 22.9 Å². The predicted octanol–water partition coefficient (Wildman–Crippen LogP) is 4.06. The minimum absolute atomic E-state index is 0.275. The van der Waals surface area contributed by atoms with Crippen LogP contribution in [0.15, 0.2) is 28.9 Å². The first-order chi connectivity index (χ1) is 10.1. The highest BCUT2D eigenvalue weighted by Gasteiger charge is 2.17. The highest BCUT2D eigenvalue weighted by atomic mass is 79.9. The van der Waals surface area contributed by atoms with E-state index < -0.39 is 5.82 Å². The molecule has 112 valence electrons. The molecule has 0 amide bonds. The van der Waals surface area contributed by atoms with Crippen LogP contribution in [-0.4, -0.2) is 9.78 Å². The smallest absolute Gasteiger partial charge is 0.157 e. The van der Waals surface area contributed by atoms with Gasteiger partial charge in [-0.15, -0.1) is 0 Å². The summed E-state index contributed by atoms with van der Waals surface area (Å²) in [6, 6.07) is 5.05. The quantitative estimate of drug-likeness (QED) is 0.843. The molecule has 1 fully saturated rings. The number of hydrogen-bond donors (Lipinski definition) is 1. The van der Waals surface area contributed by atoms with E-state index in [2.05, 4.69) is 21.0 Å². The number of rotatable bonds is 4. The molecule has 6 heteroatoms. The lowest BCUT2D eigenvalue weighted by molar-refractivity contribution is 0.297. The van der Waals surface area contributed by atoms with Crippen molar-refractivity contribution in [3.8, 4) is 5.75 Å². The molecule has 4 nitrogen and oxygen atoms in total. The van der Waals surface area contributed by atoms with Crippen molar-refractivity contribution in [1.82, 2.24) is 9.78 Å². The lowest BCUT2D eigenvalue weighted by atomic mass is 10.3. The number of halogens is 2. The molecule has 0 atom stereocenters. The molecule has 1 aromatic heterocycles. The average Bonchev–Trinajstić information content (AvgIpc) is 3.08. The molecule has 0 aliphatic heterocycles. The summed E-state index contributed by atoms with van der Waals surface area (Å²) < 4.78 is 21.4. The second-order valence-corrected chi connectivity index (χ2v) is 6.17. The molecular formula is C15H17BrFN3O. The molecule has 0 bridgehead atoms. The summed E-state index contributed by atoms with van der Waals surface area (Å²) in [6.07, 6.45) is 6.93. The molecule has 2 N–H and O–H groups in total. The highest BCUT2D eigenvalue weighted by molar-refractivity contribution is 9.10. The van der Waals surface area contributed by atoms with Gasteiger partial charge in [0.05, 0.1) is 21.9 Å². The maximum absolute atomic E-state index is 13.2. The molecule has 3 rings (SSSR count). The number of benzene rings is 1. The minimum atomic E-state index is -0.391. The van der Waals surface area contributed by atoms with Crippen LogP contribution in [0, 0.1) is 5.82 Å². The van der Waals surface area contributed by atoms with Gasteiger partial charge in [0.15, 0.2) is 5.75 Å². The molecule has 21 heavy (non-hydrogen) atoms. The second kappa shape index (κ2) is 6.05. The van der Waals surface area contributed by atoms with Gasteiger partial charge in [0, 0.05) is 12.3 Å². The van der Waals surface area contributed by atoms with Crippen molar-refractivity contribution in [2.75, 3.05) is 5.73 Å². The summed E-state index contributed by atoms with van der Waals surface area (Å²) in [5.41, 5.74) is 6.89. The molecule has 1 aliphatic rings. The van der Waals surface area contributed by atoms with Gasteiger partial charge in [-0.1, -0.05) is 12.8 Å². The number of hydrogen-bond acceptors (Lipinski definition) is 3. The van der Waals surface area contributed by atoms with Gasteiger partial charge in [-0.2, -0.15) is 5.10 Å². The zero-order valence-corrected chi connectivity index (χ0v) is 13.1. The van der Waals surface area contributed by atoms with Gasteiger partial charge < -0.3 is 10.5 Å². The van der Waals surface area contributed by atoms with E-state index in [1.807, 2.05) is 16.9 Å². The van der Waals surface area contributed by atoms with Crippen LogP contribution in [-0.2, 0) is 6.61 Å². The van der Waals surface area contributed by atoms with Gasteiger partial charge in [0.2, 0.25) is 0 Å². The number of aromatic nitrogens is 2. The Labute approximate surface area is 131 Å². The first-order valence-electron chi connectivity index (χ1n) is 7.05. The van der Waals surface area contributed by atoms with Gasteiger partial charge in [-0.3, -0.25) is 4.68 Å². The summed E-state index contributed by atoms with van der Waals surface area (Å²) >= 11 is 3.26. The van der Waals surface area contributed by atoms with Crippen LogP contribution in [0.3, 0.4) is 0 Å². The third kappa shape index (κ3) is 3.20. The maximum Gasteiger partial charge on any atom is 0.157 e. The summed E-state index contributed by atoms with van der Waals surface area (Å²) in [5.74, 6) is 0.0593. The van der Waals surface area contributed by atoms with Gasteiger partial charge in [-0.25, -0.2) is 4.39 Å². The summed E-state index contributed by atoms with van der Waals surface area (Å²) in [7, 11) is 0. The average molecular weight is 354 g/mol. The van der Waals surface area contributed by atoms with Crippen LogP contribution in [0.5, 0.6) is 5.75 Å². The van der Waals surface area contributed by atoms with Gasteiger partial charge in [0.25, 0.3) is 0 Å². The largest absolute Gasteiger partial charge is 0.484 e. The fourth-order valence-corrected chi connectivity index (χ4v) is 3.27. The third-order valence-corrected chi connectivity index (χ3v) is 4.35. The summed E-state index contributed by atoms with van der Waals surface area (Å²) in [5, 5.41) is 4.55. The Hall–Kier alpha value is -1.56. The maximum atomic E-state index is 13.2. The highest BCUT2D eigenvalue weighted by Crippen LogP contribution is 2.33. The Bertz CT molecular complexity index is 615. The lowest BCUT2D eigenvalue weighted by Crippen LogP contribution is -2.07. The first kappa shape index (κ1) is 14.4. The zero-order valence-electron chi connectivity index (χ0n) is 11.6. The molecule has 0 unspecified atom stereocenters. The number of ether oxygens (including phenoxy) is 1. The van der Waals surface area contributed by atoms with E-state index >= 15 is 0 Å². The Morgan fingerprint density at radius 3 is 2.86 bits per heavy atom. The monoisotopic (exact) mass is 353 g/mol. The van der Waals surface area contributed by atoms with E-state index in [0.717, 1.165) is 5.69 Å². The Balaban J connectivity index is 1.68. The Morgan fingerprint density at radius 1 is 1.38 bits per heavy atom. The van der Waals surface area contributed by atoms with E-state index in [1.165, 1.54) is 37.8 Å². The normalized spacial score (nSPS) is 15.5. The van der Waals surface area contributed by atoms with Gasteiger partial charge in [0.1, 0.15) is 12.4 Å². The fourth-order valence-electron chi connectivity index (χ4n) is 2.71. The van der Waals surface area contributed by atoms with Gasteiger partial charge in [-0.05, 0) is 40.9 Å². The van der Waals surface area contributed by atoms with Crippen LogP contribution in [0.2, 0.25) is 0 Å². The number of nitrogen functional groups attached to an aromatic ring is 1. The van der Waals surface area contributed by atoms with E-state index in [1.54, 1.807) is 0 Å². The predicted molar refractivity (Wildman–Crippen MR) is 82.6 cm³/mol. The van der Waals surface area contributed by atoms with Crippen molar-refractivity contribution in [3.63, 3.8) is 0 Å². The number of nitrogens with zero attached hydrogens (tertiary/aromatic N) is 2. The molecule has 1 heterocycles. The van der Waals surface area contributed by atoms with Crippen molar-refractivity contribution >= 4 is 21.6 Å². The van der Waals surface area contributed by atoms with Crippen molar-refractivity contribution < 1.29 is 9.13 Å². The van der Waals surface area contributed by atoms with E-state index in [-0.39, 0.29) is 5.69 Å². The van der Waals surface area contributed by atoms with Gasteiger partial charge >= 0.3 is 0 Å². The molecule has 1 aliphatic carbocycles. The molecule has 0 radical (unpaired) electrons. The van der Waals surface area contributed by atoms with Crippen LogP contribution in [0.25, 0.3) is 0 Å². The van der Waals surface area contributed by atoms with E-state index in [4.69, 9.17) is 10.5 Å². The first-order valence-corrected chi connectivity index (χ1v) is 7.84. The summed E-state index contributed by atoms with van der Waals surface area (Å²) in [6.45, 7) is 0.314. The third-order valence-electron chi connectivity index (χ3n) is 3.76. The minimum Gasteiger partial charge on any atom is -0.484 e. The lowest BCUT2D eigenvalue weighted by Gasteiger charge is -2.11. The topological polar surface area (TPSA) is 53.1 Å². The number of anilines is 1. The molecular weight excluding hydrogens is 337 g/mol. The van der Waals surface area contributed by atoms with Crippen molar-refractivity contribution in [1.29, 1.82) is 0 Å². The molecule has 0 spiro atoms. The zero-order chi connectivity index (χ0) is 14.8. The second-order valence-electron chi connectivity index (χ2n) is 5.32. The molecule has 2 aromatic rings. The SMILES string of the molecule is Nc1cc(F)cc(Br)c1OCc1ccn(C2CCCC2)n1. The molecule has 0 saturated heterocycles. The summed E-state index contributed by atoms with van der Waals surface area (Å²) in [4.78, 5) is 0.